The lowest BCUT2D eigenvalue weighted by atomic mass is 10.1. The van der Waals surface area contributed by atoms with Crippen LogP contribution in [-0.2, 0) is 11.0 Å². The normalized spacial score (nSPS) is 16.7. The van der Waals surface area contributed by atoms with Gasteiger partial charge < -0.3 is 15.3 Å². The van der Waals surface area contributed by atoms with E-state index in [9.17, 15) is 27.9 Å². The summed E-state index contributed by atoms with van der Waals surface area (Å²) < 4.78 is 41.6. The molecular formula is C25H26F3N5O3. The molecule has 2 atom stereocenters. The molecule has 190 valence electrons. The molecule has 8 nitrogen and oxygen atoms in total. The van der Waals surface area contributed by atoms with Crippen LogP contribution in [0.4, 0.5) is 13.2 Å². The topological polar surface area (TPSA) is 99.5 Å². The van der Waals surface area contributed by atoms with E-state index in [4.69, 9.17) is 0 Å². The van der Waals surface area contributed by atoms with Gasteiger partial charge in [0.1, 0.15) is 6.23 Å². The van der Waals surface area contributed by atoms with Crippen molar-refractivity contribution in [3.63, 3.8) is 0 Å². The number of halogens is 3. The Bertz CT molecular complexity index is 1180. The van der Waals surface area contributed by atoms with E-state index in [1.54, 1.807) is 59.5 Å². The highest BCUT2D eigenvalue weighted by Gasteiger charge is 2.39. The average molecular weight is 502 g/mol. The summed E-state index contributed by atoms with van der Waals surface area (Å²) in [6, 6.07) is 17.1. The molecule has 4 rings (SSSR count). The van der Waals surface area contributed by atoms with Crippen molar-refractivity contribution < 1.29 is 27.9 Å². The van der Waals surface area contributed by atoms with Crippen LogP contribution < -0.4 is 10.6 Å². The van der Waals surface area contributed by atoms with E-state index in [1.165, 1.54) is 0 Å². The van der Waals surface area contributed by atoms with Gasteiger partial charge in [0, 0.05) is 43.5 Å². The lowest BCUT2D eigenvalue weighted by Gasteiger charge is -2.17. The maximum atomic E-state index is 13.5. The molecule has 0 saturated carbocycles. The molecule has 3 aromatic rings. The van der Waals surface area contributed by atoms with Crippen LogP contribution >= 0.6 is 0 Å². The minimum absolute atomic E-state index is 0.0279. The summed E-state index contributed by atoms with van der Waals surface area (Å²) in [6.07, 6.45) is -4.74. The Morgan fingerprint density at radius 3 is 2.39 bits per heavy atom. The van der Waals surface area contributed by atoms with Crippen molar-refractivity contribution in [3.8, 4) is 5.69 Å². The number of nitrogens with one attached hydrogen (secondary N) is 2. The van der Waals surface area contributed by atoms with Crippen LogP contribution in [0.3, 0.4) is 0 Å². The van der Waals surface area contributed by atoms with Gasteiger partial charge in [-0.25, -0.2) is 4.68 Å². The van der Waals surface area contributed by atoms with Crippen LogP contribution in [-0.4, -0.2) is 57.8 Å². The Morgan fingerprint density at radius 1 is 1.06 bits per heavy atom. The van der Waals surface area contributed by atoms with Crippen LogP contribution in [0.2, 0.25) is 0 Å². The van der Waals surface area contributed by atoms with Crippen LogP contribution in [0, 0.1) is 5.92 Å². The number of benzene rings is 2. The minimum Gasteiger partial charge on any atom is -0.374 e. The molecule has 1 fully saturated rings. The maximum Gasteiger partial charge on any atom is 0.435 e. The average Bonchev–Trinajstić information content (AvgIpc) is 3.55. The minimum atomic E-state index is -4.75. The Morgan fingerprint density at radius 2 is 1.72 bits per heavy atom. The summed E-state index contributed by atoms with van der Waals surface area (Å²) >= 11 is 0. The molecule has 0 aliphatic carbocycles. The second-order valence-electron chi connectivity index (χ2n) is 8.46. The maximum absolute atomic E-state index is 13.5. The first-order valence-corrected chi connectivity index (χ1v) is 11.5. The third kappa shape index (κ3) is 5.92. The summed E-state index contributed by atoms with van der Waals surface area (Å²) in [6.45, 7) is 0.880. The quantitative estimate of drug-likeness (QED) is 0.326. The molecule has 1 aliphatic rings. The van der Waals surface area contributed by atoms with E-state index in [2.05, 4.69) is 15.7 Å². The molecule has 0 bridgehead atoms. The highest BCUT2D eigenvalue weighted by molar-refractivity contribution is 5.95. The molecule has 11 heteroatoms. The van der Waals surface area contributed by atoms with Gasteiger partial charge in [-0.3, -0.25) is 14.9 Å². The number of aliphatic hydroxyl groups excluding tert-OH is 1. The molecule has 1 aliphatic heterocycles. The number of hydrogen-bond acceptors (Lipinski definition) is 5. The lowest BCUT2D eigenvalue weighted by Crippen LogP contribution is -2.38. The number of rotatable bonds is 8. The third-order valence-corrected chi connectivity index (χ3v) is 5.96. The number of carbonyl (C=O) groups excluding carboxylic acids is 2. The number of aromatic nitrogens is 2. The van der Waals surface area contributed by atoms with Gasteiger partial charge in [0.25, 0.3) is 5.91 Å². The fraction of sp³-hybridized carbons (Fsp3) is 0.320. The number of para-hydroxylation sites is 1. The number of hydrogen-bond donors (Lipinski definition) is 3. The standard InChI is InChI=1S/C25H26F3N5O3/c26-25(27,28)21-20(16-33(31-21)19-9-5-2-6-10-19)23(35)30-13-12-29-22(34)18-11-14-32(15-18)24(36)17-7-3-1-4-8-17/h1-10,16,18,23,30,35H,11-15H2,(H,29,34). The molecule has 2 heterocycles. The summed E-state index contributed by atoms with van der Waals surface area (Å²) in [7, 11) is 0. The Hall–Kier alpha value is -3.70. The molecular weight excluding hydrogens is 475 g/mol. The van der Waals surface area contributed by atoms with Crippen molar-refractivity contribution in [2.45, 2.75) is 18.8 Å². The smallest absolute Gasteiger partial charge is 0.374 e. The van der Waals surface area contributed by atoms with Gasteiger partial charge in [0.05, 0.1) is 11.6 Å². The molecule has 1 saturated heterocycles. The van der Waals surface area contributed by atoms with Crippen molar-refractivity contribution >= 4 is 11.8 Å². The van der Waals surface area contributed by atoms with Gasteiger partial charge in [0.2, 0.25) is 5.91 Å². The molecule has 2 amide bonds. The summed E-state index contributed by atoms with van der Waals surface area (Å²) in [4.78, 5) is 26.7. The summed E-state index contributed by atoms with van der Waals surface area (Å²) in [5.74, 6) is -0.752. The molecule has 1 aromatic heterocycles. The van der Waals surface area contributed by atoms with Gasteiger partial charge in [-0.05, 0) is 30.7 Å². The molecule has 2 unspecified atom stereocenters. The van der Waals surface area contributed by atoms with Gasteiger partial charge in [-0.2, -0.15) is 18.3 Å². The Labute approximate surface area is 205 Å². The SMILES string of the molecule is O=C(NCCNC(O)c1cn(-c2ccccc2)nc1C(F)(F)F)C1CCN(C(=O)c2ccccc2)C1. The van der Waals surface area contributed by atoms with E-state index in [1.807, 2.05) is 6.07 Å². The second kappa shape index (κ2) is 10.9. The largest absolute Gasteiger partial charge is 0.435 e. The van der Waals surface area contributed by atoms with Crippen LogP contribution in [0.1, 0.15) is 34.3 Å². The zero-order chi connectivity index (χ0) is 25.7. The van der Waals surface area contributed by atoms with E-state index in [0.29, 0.717) is 30.8 Å². The highest BCUT2D eigenvalue weighted by Crippen LogP contribution is 2.33. The van der Waals surface area contributed by atoms with Crippen LogP contribution in [0.15, 0.2) is 66.9 Å². The van der Waals surface area contributed by atoms with Crippen molar-refractivity contribution in [1.29, 1.82) is 0 Å². The summed E-state index contributed by atoms with van der Waals surface area (Å²) in [5, 5.41) is 19.3. The second-order valence-corrected chi connectivity index (χ2v) is 8.46. The first-order chi connectivity index (χ1) is 17.2. The van der Waals surface area contributed by atoms with Crippen molar-refractivity contribution in [3.05, 3.63) is 83.7 Å². The third-order valence-electron chi connectivity index (χ3n) is 5.96. The summed E-state index contributed by atoms with van der Waals surface area (Å²) in [5.41, 5.74) is -0.622. The fourth-order valence-electron chi connectivity index (χ4n) is 4.09. The first-order valence-electron chi connectivity index (χ1n) is 11.5. The molecule has 36 heavy (non-hydrogen) atoms. The number of likely N-dealkylation sites (tertiary alicyclic amines) is 1. The lowest BCUT2D eigenvalue weighted by molar-refractivity contribution is -0.143. The van der Waals surface area contributed by atoms with E-state index in [0.717, 1.165) is 10.9 Å². The Balaban J connectivity index is 1.28. The number of amides is 2. The first kappa shape index (κ1) is 25.4. The number of carbonyl (C=O) groups is 2. The van der Waals surface area contributed by atoms with Gasteiger partial charge in [-0.1, -0.05) is 36.4 Å². The predicted molar refractivity (Wildman–Crippen MR) is 125 cm³/mol. The van der Waals surface area contributed by atoms with E-state index < -0.39 is 23.7 Å². The zero-order valence-corrected chi connectivity index (χ0v) is 19.3. The van der Waals surface area contributed by atoms with Crippen LogP contribution in [0.25, 0.3) is 5.69 Å². The van der Waals surface area contributed by atoms with Gasteiger partial charge >= 0.3 is 6.18 Å². The number of alkyl halides is 3. The highest BCUT2D eigenvalue weighted by atomic mass is 19.4. The fourth-order valence-corrected chi connectivity index (χ4v) is 4.09. The number of nitrogens with zero attached hydrogens (tertiary/aromatic N) is 3. The molecule has 2 aromatic carbocycles. The van der Waals surface area contributed by atoms with Gasteiger partial charge in [0.15, 0.2) is 5.69 Å². The zero-order valence-electron chi connectivity index (χ0n) is 19.3. The number of aliphatic hydroxyl groups is 1. The Kier molecular flexibility index (Phi) is 7.70. The van der Waals surface area contributed by atoms with Crippen molar-refractivity contribution in [2.75, 3.05) is 26.2 Å². The monoisotopic (exact) mass is 501 g/mol. The molecule has 0 spiro atoms. The van der Waals surface area contributed by atoms with E-state index in [-0.39, 0.29) is 30.8 Å². The predicted octanol–water partition coefficient (Wildman–Crippen LogP) is 2.75. The van der Waals surface area contributed by atoms with E-state index >= 15 is 0 Å². The van der Waals surface area contributed by atoms with Crippen molar-refractivity contribution in [1.82, 2.24) is 25.3 Å². The van der Waals surface area contributed by atoms with Crippen LogP contribution in [0.5, 0.6) is 0 Å². The van der Waals surface area contributed by atoms with Crippen molar-refractivity contribution in [2.24, 2.45) is 5.92 Å². The van der Waals surface area contributed by atoms with Gasteiger partial charge in [-0.15, -0.1) is 0 Å². The molecule has 3 N–H and O–H groups in total. The molecule has 0 radical (unpaired) electrons.